The van der Waals surface area contributed by atoms with E-state index in [0.29, 0.717) is 19.3 Å². The summed E-state index contributed by atoms with van der Waals surface area (Å²) in [6.45, 7) is 2.11. The van der Waals surface area contributed by atoms with Gasteiger partial charge >= 0.3 is 5.97 Å². The van der Waals surface area contributed by atoms with Crippen LogP contribution in [-0.2, 0) is 21.2 Å². The number of benzene rings is 1. The Balaban J connectivity index is 1.96. The molecule has 0 amide bonds. The second kappa shape index (κ2) is 7.45. The van der Waals surface area contributed by atoms with E-state index in [9.17, 15) is 13.2 Å². The van der Waals surface area contributed by atoms with Gasteiger partial charge in [-0.2, -0.15) is 0 Å². The third kappa shape index (κ3) is 6.71. The topological polar surface area (TPSA) is 83.5 Å². The fraction of sp³-hybridized carbons (Fsp3) is 0.588. The molecule has 2 N–H and O–H groups in total. The molecule has 23 heavy (non-hydrogen) atoms. The Bertz CT molecular complexity index is 623. The molecule has 1 atom stereocenters. The van der Waals surface area contributed by atoms with E-state index in [1.54, 1.807) is 0 Å². The molecule has 1 aromatic carbocycles. The molecule has 0 bridgehead atoms. The maximum absolute atomic E-state index is 12.3. The molecular formula is C17H25NO4S. The summed E-state index contributed by atoms with van der Waals surface area (Å²) in [5.41, 5.74) is 1.19. The number of carbonyl (C=O) groups is 1. The molecule has 0 saturated heterocycles. The van der Waals surface area contributed by atoms with Crippen molar-refractivity contribution >= 4 is 16.0 Å². The second-order valence-corrected chi connectivity index (χ2v) is 8.69. The van der Waals surface area contributed by atoms with Crippen molar-refractivity contribution < 1.29 is 18.3 Å². The Morgan fingerprint density at radius 2 is 1.96 bits per heavy atom. The lowest BCUT2D eigenvalue weighted by Gasteiger charge is -2.19. The Kier molecular flexibility index (Phi) is 5.81. The average Bonchev–Trinajstić information content (AvgIpc) is 3.22. The van der Waals surface area contributed by atoms with Crippen molar-refractivity contribution in [3.05, 3.63) is 35.9 Å². The molecule has 1 aliphatic rings. The number of sulfonamides is 1. The van der Waals surface area contributed by atoms with Gasteiger partial charge in [0.1, 0.15) is 0 Å². The molecule has 6 heteroatoms. The first kappa shape index (κ1) is 17.9. The highest BCUT2D eigenvalue weighted by Crippen LogP contribution is 2.48. The lowest BCUT2D eigenvalue weighted by molar-refractivity contribution is -0.137. The molecule has 0 spiro atoms. The van der Waals surface area contributed by atoms with Crippen molar-refractivity contribution in [1.82, 2.24) is 4.72 Å². The Labute approximate surface area is 138 Å². The van der Waals surface area contributed by atoms with E-state index in [2.05, 4.69) is 11.6 Å². The van der Waals surface area contributed by atoms with Crippen LogP contribution in [0.2, 0.25) is 0 Å². The van der Waals surface area contributed by atoms with Crippen LogP contribution in [-0.4, -0.2) is 31.3 Å². The van der Waals surface area contributed by atoms with Gasteiger partial charge in [-0.15, -0.1) is 0 Å². The summed E-state index contributed by atoms with van der Waals surface area (Å²) in [6, 6.07) is 9.15. The minimum atomic E-state index is -3.38. The molecule has 1 aliphatic carbocycles. The first-order valence-electron chi connectivity index (χ1n) is 8.04. The van der Waals surface area contributed by atoms with E-state index in [-0.39, 0.29) is 23.6 Å². The summed E-state index contributed by atoms with van der Waals surface area (Å²) >= 11 is 0. The zero-order valence-corrected chi connectivity index (χ0v) is 14.3. The molecule has 1 saturated carbocycles. The summed E-state index contributed by atoms with van der Waals surface area (Å²) < 4.78 is 27.3. The number of hydrogen-bond donors (Lipinski definition) is 2. The van der Waals surface area contributed by atoms with Gasteiger partial charge < -0.3 is 5.11 Å². The maximum Gasteiger partial charge on any atom is 0.303 e. The molecule has 1 aromatic rings. The first-order chi connectivity index (χ1) is 10.8. The van der Waals surface area contributed by atoms with E-state index in [1.165, 1.54) is 0 Å². The number of hydrogen-bond acceptors (Lipinski definition) is 3. The summed E-state index contributed by atoms with van der Waals surface area (Å²) in [5.74, 6) is -0.797. The first-order valence-corrected chi connectivity index (χ1v) is 9.69. The summed E-state index contributed by atoms with van der Waals surface area (Å²) in [6.07, 6.45) is 3.60. The molecule has 128 valence electrons. The van der Waals surface area contributed by atoms with Gasteiger partial charge in [-0.25, -0.2) is 13.1 Å². The Morgan fingerprint density at radius 1 is 1.30 bits per heavy atom. The number of aliphatic carboxylic acids is 1. The van der Waals surface area contributed by atoms with Gasteiger partial charge in [0.05, 0.1) is 5.75 Å². The van der Waals surface area contributed by atoms with E-state index < -0.39 is 16.0 Å². The third-order valence-corrected chi connectivity index (χ3v) is 5.89. The monoisotopic (exact) mass is 339 g/mol. The van der Waals surface area contributed by atoms with Gasteiger partial charge in [0.25, 0.3) is 0 Å². The van der Waals surface area contributed by atoms with Crippen molar-refractivity contribution in [2.45, 2.75) is 51.5 Å². The molecule has 5 nitrogen and oxygen atoms in total. The van der Waals surface area contributed by atoms with Gasteiger partial charge in [0.2, 0.25) is 10.0 Å². The number of nitrogens with one attached hydrogen (secondary N) is 1. The molecule has 0 radical (unpaired) electrons. The number of carboxylic acid groups (broad SMARTS) is 1. The van der Waals surface area contributed by atoms with Gasteiger partial charge in [-0.05, 0) is 43.1 Å². The van der Waals surface area contributed by atoms with E-state index in [1.807, 2.05) is 30.3 Å². The van der Waals surface area contributed by atoms with Gasteiger partial charge in [-0.3, -0.25) is 4.79 Å². The lowest BCUT2D eigenvalue weighted by Crippen LogP contribution is -2.38. The zero-order chi connectivity index (χ0) is 16.9. The van der Waals surface area contributed by atoms with Crippen LogP contribution in [0.15, 0.2) is 30.3 Å². The minimum Gasteiger partial charge on any atom is -0.481 e. The average molecular weight is 339 g/mol. The summed E-state index contributed by atoms with van der Waals surface area (Å²) in [5, 5.41) is 8.87. The van der Waals surface area contributed by atoms with Crippen molar-refractivity contribution in [2.75, 3.05) is 5.75 Å². The molecule has 2 rings (SSSR count). The Hall–Kier alpha value is -1.40. The largest absolute Gasteiger partial charge is 0.481 e. The van der Waals surface area contributed by atoms with Crippen molar-refractivity contribution in [3.63, 3.8) is 0 Å². The van der Waals surface area contributed by atoms with Crippen LogP contribution in [0.5, 0.6) is 0 Å². The zero-order valence-electron chi connectivity index (χ0n) is 13.5. The van der Waals surface area contributed by atoms with Crippen LogP contribution in [0, 0.1) is 5.41 Å². The van der Waals surface area contributed by atoms with Gasteiger partial charge in [0.15, 0.2) is 0 Å². The van der Waals surface area contributed by atoms with Gasteiger partial charge in [0, 0.05) is 12.5 Å². The summed E-state index contributed by atoms with van der Waals surface area (Å²) in [4.78, 5) is 10.8. The molecule has 0 heterocycles. The normalized spacial score (nSPS) is 17.6. The molecule has 1 fully saturated rings. The lowest BCUT2D eigenvalue weighted by atomic mass is 10.0. The summed E-state index contributed by atoms with van der Waals surface area (Å²) in [7, 11) is -3.38. The third-order valence-electron chi connectivity index (χ3n) is 4.46. The minimum absolute atomic E-state index is 0.0439. The molecule has 1 unspecified atom stereocenters. The molecule has 0 aliphatic heterocycles. The Morgan fingerprint density at radius 3 is 2.52 bits per heavy atom. The highest BCUT2D eigenvalue weighted by atomic mass is 32.2. The van der Waals surface area contributed by atoms with Crippen molar-refractivity contribution in [2.24, 2.45) is 5.41 Å². The van der Waals surface area contributed by atoms with Crippen LogP contribution in [0.1, 0.15) is 44.6 Å². The maximum atomic E-state index is 12.3. The fourth-order valence-electron chi connectivity index (χ4n) is 2.56. The highest BCUT2D eigenvalue weighted by Gasteiger charge is 2.38. The van der Waals surface area contributed by atoms with E-state index in [4.69, 9.17) is 5.11 Å². The van der Waals surface area contributed by atoms with Crippen LogP contribution in [0.25, 0.3) is 0 Å². The molecular weight excluding hydrogens is 314 g/mol. The van der Waals surface area contributed by atoms with Gasteiger partial charge in [-0.1, -0.05) is 37.3 Å². The number of carboxylic acids is 1. The number of rotatable bonds is 10. The quantitative estimate of drug-likeness (QED) is 0.686. The highest BCUT2D eigenvalue weighted by molar-refractivity contribution is 7.89. The van der Waals surface area contributed by atoms with Crippen molar-refractivity contribution in [3.8, 4) is 0 Å². The SMILES string of the molecule is CC1(CCS(=O)(=O)NC(CCC(=O)O)Cc2ccccc2)CC1. The smallest absolute Gasteiger partial charge is 0.303 e. The van der Waals surface area contributed by atoms with E-state index in [0.717, 1.165) is 18.4 Å². The van der Waals surface area contributed by atoms with Crippen molar-refractivity contribution in [1.29, 1.82) is 0 Å². The van der Waals surface area contributed by atoms with E-state index >= 15 is 0 Å². The predicted molar refractivity (Wildman–Crippen MR) is 89.7 cm³/mol. The standard InChI is InChI=1S/C17H25NO4S/c1-17(9-10-17)11-12-23(21,22)18-15(7-8-16(19)20)13-14-5-3-2-4-6-14/h2-6,15,18H,7-13H2,1H3,(H,19,20). The predicted octanol–water partition coefficient (Wildman–Crippen LogP) is 2.57. The van der Waals surface area contributed by atoms with Crippen LogP contribution in [0.4, 0.5) is 0 Å². The molecule has 0 aromatic heterocycles. The fourth-order valence-corrected chi connectivity index (χ4v) is 4.14. The van der Waals surface area contributed by atoms with Crippen LogP contribution < -0.4 is 4.72 Å². The van der Waals surface area contributed by atoms with Crippen LogP contribution in [0.3, 0.4) is 0 Å². The second-order valence-electron chi connectivity index (χ2n) is 6.82. The van der Waals surface area contributed by atoms with Crippen LogP contribution >= 0.6 is 0 Å².